The number of benzene rings is 1. The van der Waals surface area contributed by atoms with E-state index in [1.807, 2.05) is 0 Å². The first-order chi connectivity index (χ1) is 8.49. The Morgan fingerprint density at radius 3 is 2.50 bits per heavy atom. The number of carbonyl (C=O) groups is 3. The molecule has 7 heteroatoms. The lowest BCUT2D eigenvalue weighted by atomic mass is 10.2. The second-order valence-corrected chi connectivity index (χ2v) is 4.91. The number of nitrogens with zero attached hydrogens (tertiary/aromatic N) is 1. The molecule has 0 bridgehead atoms. The Balaban J connectivity index is 2.19. The van der Waals surface area contributed by atoms with Crippen LogP contribution in [0.15, 0.2) is 22.7 Å². The normalized spacial score (nSPS) is 15.1. The van der Waals surface area contributed by atoms with E-state index in [0.717, 1.165) is 0 Å². The average molecular weight is 333 g/mol. The van der Waals surface area contributed by atoms with Crippen LogP contribution >= 0.6 is 27.5 Å². The highest BCUT2D eigenvalue weighted by Crippen LogP contribution is 2.23. The molecule has 1 heterocycles. The van der Waals surface area contributed by atoms with Crippen molar-refractivity contribution >= 4 is 45.3 Å². The highest BCUT2D eigenvalue weighted by Gasteiger charge is 2.33. The van der Waals surface area contributed by atoms with Crippen molar-refractivity contribution in [1.82, 2.24) is 5.06 Å². The lowest BCUT2D eigenvalue weighted by Gasteiger charge is -2.13. The second-order valence-electron chi connectivity index (χ2n) is 3.58. The Kier molecular flexibility index (Phi) is 3.68. The van der Waals surface area contributed by atoms with Crippen molar-refractivity contribution in [3.63, 3.8) is 0 Å². The lowest BCUT2D eigenvalue weighted by molar-refractivity contribution is -0.172. The zero-order chi connectivity index (χ0) is 13.3. The van der Waals surface area contributed by atoms with Crippen molar-refractivity contribution in [2.24, 2.45) is 0 Å². The minimum Gasteiger partial charge on any atom is -0.325 e. The molecule has 1 aliphatic rings. The molecular formula is C11H7BrClNO4. The quantitative estimate of drug-likeness (QED) is 0.780. The van der Waals surface area contributed by atoms with Crippen molar-refractivity contribution in [2.75, 3.05) is 0 Å². The number of imide groups is 1. The molecular weight excluding hydrogens is 325 g/mol. The standard InChI is InChI=1S/C11H7BrClNO4/c12-6-1-2-8(13)7(5-6)11(17)18-14-9(15)3-4-10(14)16/h1-2,5H,3-4H2. The molecule has 5 nitrogen and oxygen atoms in total. The molecule has 1 fully saturated rings. The van der Waals surface area contributed by atoms with E-state index >= 15 is 0 Å². The third-order valence-corrected chi connectivity index (χ3v) is 3.15. The molecule has 0 radical (unpaired) electrons. The highest BCUT2D eigenvalue weighted by atomic mass is 79.9. The average Bonchev–Trinajstić information content (AvgIpc) is 2.64. The first-order valence-corrected chi connectivity index (χ1v) is 6.19. The molecule has 0 saturated carbocycles. The molecule has 2 amide bonds. The summed E-state index contributed by atoms with van der Waals surface area (Å²) in [6, 6.07) is 4.62. The Morgan fingerprint density at radius 2 is 1.89 bits per heavy atom. The molecule has 1 aromatic rings. The largest absolute Gasteiger partial charge is 0.365 e. The van der Waals surface area contributed by atoms with Gasteiger partial charge in [0.2, 0.25) is 0 Å². The zero-order valence-electron chi connectivity index (χ0n) is 8.98. The van der Waals surface area contributed by atoms with Crippen LogP contribution in [0.25, 0.3) is 0 Å². The Hall–Kier alpha value is -1.40. The molecule has 1 aromatic carbocycles. The fourth-order valence-corrected chi connectivity index (χ4v) is 2.00. The molecule has 1 saturated heterocycles. The van der Waals surface area contributed by atoms with Gasteiger partial charge in [0.1, 0.15) is 0 Å². The molecule has 0 spiro atoms. The highest BCUT2D eigenvalue weighted by molar-refractivity contribution is 9.10. The maximum atomic E-state index is 11.8. The van der Waals surface area contributed by atoms with Crippen LogP contribution < -0.4 is 0 Å². The Morgan fingerprint density at radius 1 is 1.28 bits per heavy atom. The van der Waals surface area contributed by atoms with Gasteiger partial charge in [-0.2, -0.15) is 0 Å². The monoisotopic (exact) mass is 331 g/mol. The first kappa shape index (κ1) is 13.0. The van der Waals surface area contributed by atoms with E-state index < -0.39 is 17.8 Å². The van der Waals surface area contributed by atoms with Crippen molar-refractivity contribution in [1.29, 1.82) is 0 Å². The van der Waals surface area contributed by atoms with Crippen LogP contribution in [0.5, 0.6) is 0 Å². The van der Waals surface area contributed by atoms with Crippen LogP contribution in [-0.4, -0.2) is 22.8 Å². The molecule has 1 aliphatic heterocycles. The predicted octanol–water partition coefficient (Wildman–Crippen LogP) is 2.32. The predicted molar refractivity (Wildman–Crippen MR) is 65.7 cm³/mol. The Bertz CT molecular complexity index is 530. The molecule has 0 unspecified atom stereocenters. The number of hydrogen-bond acceptors (Lipinski definition) is 4. The van der Waals surface area contributed by atoms with Gasteiger partial charge in [0.25, 0.3) is 11.8 Å². The summed E-state index contributed by atoms with van der Waals surface area (Å²) in [6.45, 7) is 0. The van der Waals surface area contributed by atoms with Gasteiger partial charge in [0.15, 0.2) is 0 Å². The fourth-order valence-electron chi connectivity index (χ4n) is 1.44. The number of rotatable bonds is 2. The topological polar surface area (TPSA) is 63.7 Å². The number of halogens is 2. The van der Waals surface area contributed by atoms with Crippen LogP contribution in [0.3, 0.4) is 0 Å². The minimum absolute atomic E-state index is 0.0539. The van der Waals surface area contributed by atoms with Gasteiger partial charge in [-0.1, -0.05) is 27.5 Å². The summed E-state index contributed by atoms with van der Waals surface area (Å²) in [7, 11) is 0. The third kappa shape index (κ3) is 2.54. The van der Waals surface area contributed by atoms with Gasteiger partial charge in [0, 0.05) is 17.3 Å². The number of amides is 2. The fraction of sp³-hybridized carbons (Fsp3) is 0.182. The van der Waals surface area contributed by atoms with Crippen molar-refractivity contribution in [3.05, 3.63) is 33.3 Å². The SMILES string of the molecule is O=C(ON1C(=O)CCC1=O)c1cc(Br)ccc1Cl. The summed E-state index contributed by atoms with van der Waals surface area (Å²) in [5.74, 6) is -1.90. The summed E-state index contributed by atoms with van der Waals surface area (Å²) in [4.78, 5) is 39.1. The zero-order valence-corrected chi connectivity index (χ0v) is 11.3. The van der Waals surface area contributed by atoms with Crippen molar-refractivity contribution in [3.8, 4) is 0 Å². The van der Waals surface area contributed by atoms with Gasteiger partial charge in [-0.25, -0.2) is 4.79 Å². The van der Waals surface area contributed by atoms with Gasteiger partial charge in [-0.05, 0) is 18.2 Å². The minimum atomic E-state index is -0.843. The third-order valence-electron chi connectivity index (χ3n) is 2.33. The van der Waals surface area contributed by atoms with E-state index in [4.69, 9.17) is 16.4 Å². The molecule has 18 heavy (non-hydrogen) atoms. The molecule has 2 rings (SSSR count). The second kappa shape index (κ2) is 5.07. The van der Waals surface area contributed by atoms with Gasteiger partial charge in [0.05, 0.1) is 10.6 Å². The summed E-state index contributed by atoms with van der Waals surface area (Å²) in [6.07, 6.45) is 0.108. The van der Waals surface area contributed by atoms with Crippen LogP contribution in [0.1, 0.15) is 23.2 Å². The van der Waals surface area contributed by atoms with E-state index in [1.165, 1.54) is 12.1 Å². The van der Waals surface area contributed by atoms with Crippen LogP contribution in [0.2, 0.25) is 5.02 Å². The maximum absolute atomic E-state index is 11.8. The molecule has 0 aliphatic carbocycles. The molecule has 0 atom stereocenters. The van der Waals surface area contributed by atoms with Gasteiger partial charge < -0.3 is 4.84 Å². The Labute approximate surface area is 116 Å². The van der Waals surface area contributed by atoms with Crippen LogP contribution in [0, 0.1) is 0 Å². The number of hydrogen-bond donors (Lipinski definition) is 0. The number of hydroxylamine groups is 2. The number of carbonyl (C=O) groups excluding carboxylic acids is 3. The summed E-state index contributed by atoms with van der Waals surface area (Å²) in [5, 5.41) is 0.668. The van der Waals surface area contributed by atoms with Gasteiger partial charge in [-0.15, -0.1) is 5.06 Å². The first-order valence-electron chi connectivity index (χ1n) is 5.02. The van der Waals surface area contributed by atoms with E-state index in [2.05, 4.69) is 15.9 Å². The van der Waals surface area contributed by atoms with E-state index in [1.54, 1.807) is 6.07 Å². The smallest absolute Gasteiger partial charge is 0.325 e. The van der Waals surface area contributed by atoms with Gasteiger partial charge in [-0.3, -0.25) is 9.59 Å². The molecule has 0 aromatic heterocycles. The molecule has 94 valence electrons. The van der Waals surface area contributed by atoms with Crippen LogP contribution in [-0.2, 0) is 14.4 Å². The van der Waals surface area contributed by atoms with E-state index in [0.29, 0.717) is 9.54 Å². The van der Waals surface area contributed by atoms with E-state index in [-0.39, 0.29) is 23.4 Å². The molecule has 0 N–H and O–H groups in total. The van der Waals surface area contributed by atoms with Gasteiger partial charge >= 0.3 is 5.97 Å². The van der Waals surface area contributed by atoms with E-state index in [9.17, 15) is 14.4 Å². The lowest BCUT2D eigenvalue weighted by Crippen LogP contribution is -2.32. The van der Waals surface area contributed by atoms with Crippen molar-refractivity contribution in [2.45, 2.75) is 12.8 Å². The maximum Gasteiger partial charge on any atom is 0.365 e. The summed E-state index contributed by atoms with van der Waals surface area (Å²) < 4.78 is 0.637. The summed E-state index contributed by atoms with van der Waals surface area (Å²) >= 11 is 9.03. The van der Waals surface area contributed by atoms with Crippen molar-refractivity contribution < 1.29 is 19.2 Å². The van der Waals surface area contributed by atoms with Crippen LogP contribution in [0.4, 0.5) is 0 Å². The summed E-state index contributed by atoms with van der Waals surface area (Å²) in [5.41, 5.74) is 0.0820.